The number of ether oxygens (including phenoxy) is 1. The summed E-state index contributed by atoms with van der Waals surface area (Å²) in [5.41, 5.74) is 1.55. The Morgan fingerprint density at radius 1 is 1.30 bits per heavy atom. The second-order valence-electron chi connectivity index (χ2n) is 5.55. The molecule has 0 saturated heterocycles. The number of nitrogens with one attached hydrogen (secondary N) is 1. The fourth-order valence-electron chi connectivity index (χ4n) is 2.67. The van der Waals surface area contributed by atoms with E-state index in [2.05, 4.69) is 24.1 Å². The molecular formula is C18H26N2O3. The number of hydrogen-bond donors (Lipinski definition) is 1. The highest BCUT2D eigenvalue weighted by atomic mass is 16.5. The molecule has 1 N–H and O–H groups in total. The van der Waals surface area contributed by atoms with Gasteiger partial charge in [-0.2, -0.15) is 0 Å². The molecule has 0 unspecified atom stereocenters. The smallest absolute Gasteiger partial charge is 0.287 e. The van der Waals surface area contributed by atoms with E-state index in [1.807, 2.05) is 25.1 Å². The lowest BCUT2D eigenvalue weighted by Gasteiger charge is -2.17. The summed E-state index contributed by atoms with van der Waals surface area (Å²) in [5, 5.41) is 3.86. The fraction of sp³-hybridized carbons (Fsp3) is 0.500. The van der Waals surface area contributed by atoms with Crippen molar-refractivity contribution in [2.24, 2.45) is 0 Å². The van der Waals surface area contributed by atoms with Gasteiger partial charge in [0.2, 0.25) is 0 Å². The highest BCUT2D eigenvalue weighted by molar-refractivity contribution is 5.99. The number of carbonyl (C=O) groups is 1. The quantitative estimate of drug-likeness (QED) is 0.759. The van der Waals surface area contributed by atoms with Crippen molar-refractivity contribution < 1.29 is 13.9 Å². The summed E-state index contributed by atoms with van der Waals surface area (Å²) in [6, 6.07) is 5.56. The van der Waals surface area contributed by atoms with Crippen LogP contribution < -0.4 is 10.1 Å². The van der Waals surface area contributed by atoms with Gasteiger partial charge in [0.25, 0.3) is 5.91 Å². The highest BCUT2D eigenvalue weighted by Gasteiger charge is 2.17. The molecule has 5 heteroatoms. The Bertz CT molecular complexity index is 660. The van der Waals surface area contributed by atoms with E-state index in [-0.39, 0.29) is 5.91 Å². The number of furan rings is 1. The molecule has 0 bridgehead atoms. The molecule has 0 atom stereocenters. The molecule has 2 rings (SSSR count). The Morgan fingerprint density at radius 3 is 2.70 bits per heavy atom. The van der Waals surface area contributed by atoms with Gasteiger partial charge in [0.05, 0.1) is 7.11 Å². The fourth-order valence-corrected chi connectivity index (χ4v) is 2.67. The summed E-state index contributed by atoms with van der Waals surface area (Å²) in [5.74, 6) is 0.987. The van der Waals surface area contributed by atoms with Crippen LogP contribution in [-0.4, -0.2) is 44.1 Å². The second kappa shape index (κ2) is 8.02. The third-order valence-electron chi connectivity index (χ3n) is 4.18. The van der Waals surface area contributed by atoms with Crippen molar-refractivity contribution in [3.8, 4) is 5.75 Å². The summed E-state index contributed by atoms with van der Waals surface area (Å²) in [6.45, 7) is 9.90. The van der Waals surface area contributed by atoms with Crippen LogP contribution in [-0.2, 0) is 0 Å². The van der Waals surface area contributed by atoms with E-state index < -0.39 is 0 Å². The zero-order valence-corrected chi connectivity index (χ0v) is 14.4. The normalized spacial score (nSPS) is 11.2. The van der Waals surface area contributed by atoms with Gasteiger partial charge in [-0.1, -0.05) is 13.8 Å². The van der Waals surface area contributed by atoms with E-state index in [4.69, 9.17) is 9.15 Å². The predicted molar refractivity (Wildman–Crippen MR) is 92.2 cm³/mol. The molecule has 1 aromatic heterocycles. The first-order valence-corrected chi connectivity index (χ1v) is 8.18. The van der Waals surface area contributed by atoms with Crippen molar-refractivity contribution in [3.63, 3.8) is 0 Å². The van der Waals surface area contributed by atoms with Crippen molar-refractivity contribution in [1.82, 2.24) is 10.2 Å². The zero-order chi connectivity index (χ0) is 16.8. The van der Waals surface area contributed by atoms with Crippen LogP contribution in [0.4, 0.5) is 0 Å². The summed E-state index contributed by atoms with van der Waals surface area (Å²) in [4.78, 5) is 14.7. The molecule has 2 aromatic rings. The lowest BCUT2D eigenvalue weighted by atomic mass is 10.1. The second-order valence-corrected chi connectivity index (χ2v) is 5.55. The Kier molecular flexibility index (Phi) is 6.04. The maximum absolute atomic E-state index is 12.3. The third kappa shape index (κ3) is 4.05. The minimum Gasteiger partial charge on any atom is -0.497 e. The van der Waals surface area contributed by atoms with Gasteiger partial charge in [-0.3, -0.25) is 4.79 Å². The maximum Gasteiger partial charge on any atom is 0.287 e. The lowest BCUT2D eigenvalue weighted by molar-refractivity contribution is 0.0925. The summed E-state index contributed by atoms with van der Waals surface area (Å²) < 4.78 is 10.9. The molecule has 0 aliphatic rings. The molecule has 0 saturated carbocycles. The van der Waals surface area contributed by atoms with Gasteiger partial charge < -0.3 is 19.4 Å². The minimum atomic E-state index is -0.155. The van der Waals surface area contributed by atoms with Gasteiger partial charge in [0, 0.05) is 17.5 Å². The van der Waals surface area contributed by atoms with Crippen LogP contribution >= 0.6 is 0 Å². The lowest BCUT2D eigenvalue weighted by Crippen LogP contribution is -2.30. The molecule has 0 spiro atoms. The molecule has 5 nitrogen and oxygen atoms in total. The van der Waals surface area contributed by atoms with Crippen molar-refractivity contribution in [2.75, 3.05) is 33.3 Å². The molecule has 1 aromatic carbocycles. The molecule has 1 amide bonds. The van der Waals surface area contributed by atoms with E-state index >= 15 is 0 Å². The minimum absolute atomic E-state index is 0.155. The average Bonchev–Trinajstić information content (AvgIpc) is 2.91. The number of hydrogen-bond acceptors (Lipinski definition) is 4. The van der Waals surface area contributed by atoms with E-state index in [9.17, 15) is 4.79 Å². The number of benzene rings is 1. The van der Waals surface area contributed by atoms with E-state index in [0.717, 1.165) is 42.8 Å². The summed E-state index contributed by atoms with van der Waals surface area (Å²) in [6.07, 6.45) is 0.931. The van der Waals surface area contributed by atoms with Crippen molar-refractivity contribution >= 4 is 16.9 Å². The van der Waals surface area contributed by atoms with Gasteiger partial charge in [0.15, 0.2) is 5.76 Å². The summed E-state index contributed by atoms with van der Waals surface area (Å²) in [7, 11) is 1.63. The molecule has 1 heterocycles. The Balaban J connectivity index is 1.99. The molecule has 0 aliphatic heterocycles. The number of aryl methyl sites for hydroxylation is 1. The van der Waals surface area contributed by atoms with Crippen molar-refractivity contribution in [3.05, 3.63) is 29.5 Å². The van der Waals surface area contributed by atoms with Gasteiger partial charge in [-0.05, 0) is 51.2 Å². The van der Waals surface area contributed by atoms with Crippen LogP contribution in [0.1, 0.15) is 36.4 Å². The van der Waals surface area contributed by atoms with E-state index in [0.29, 0.717) is 17.9 Å². The third-order valence-corrected chi connectivity index (χ3v) is 4.18. The zero-order valence-electron chi connectivity index (χ0n) is 14.4. The van der Waals surface area contributed by atoms with Gasteiger partial charge in [-0.15, -0.1) is 0 Å². The largest absolute Gasteiger partial charge is 0.497 e. The number of fused-ring (bicyclic) bond motifs is 1. The number of carbonyl (C=O) groups excluding carboxylic acids is 1. The van der Waals surface area contributed by atoms with Crippen LogP contribution in [0.5, 0.6) is 5.75 Å². The van der Waals surface area contributed by atoms with Gasteiger partial charge in [-0.25, -0.2) is 0 Å². The maximum atomic E-state index is 12.3. The number of rotatable bonds is 8. The monoisotopic (exact) mass is 318 g/mol. The molecule has 0 radical (unpaired) electrons. The molecule has 126 valence electrons. The van der Waals surface area contributed by atoms with Crippen molar-refractivity contribution in [1.29, 1.82) is 0 Å². The first-order chi connectivity index (χ1) is 11.1. The highest BCUT2D eigenvalue weighted by Crippen LogP contribution is 2.28. The topological polar surface area (TPSA) is 54.7 Å². The number of amides is 1. The van der Waals surface area contributed by atoms with Crippen LogP contribution in [0.15, 0.2) is 22.6 Å². The first-order valence-electron chi connectivity index (χ1n) is 8.18. The molecular weight excluding hydrogens is 292 g/mol. The van der Waals surface area contributed by atoms with Crippen LogP contribution in [0.2, 0.25) is 0 Å². The standard InChI is InChI=1S/C18H26N2O3/c1-5-20(6-2)11-7-10-19-18(21)17-13(3)15-12-14(22-4)8-9-16(15)23-17/h8-9,12H,5-7,10-11H2,1-4H3,(H,19,21). The van der Waals surface area contributed by atoms with Crippen molar-refractivity contribution in [2.45, 2.75) is 27.2 Å². The van der Waals surface area contributed by atoms with E-state index in [1.54, 1.807) is 7.11 Å². The SMILES string of the molecule is CCN(CC)CCCNC(=O)c1oc2ccc(OC)cc2c1C. The predicted octanol–water partition coefficient (Wildman–Crippen LogP) is 3.21. The van der Waals surface area contributed by atoms with Gasteiger partial charge >= 0.3 is 0 Å². The number of nitrogens with zero attached hydrogens (tertiary/aromatic N) is 1. The Hall–Kier alpha value is -2.01. The Morgan fingerprint density at radius 2 is 2.04 bits per heavy atom. The van der Waals surface area contributed by atoms with Crippen LogP contribution in [0, 0.1) is 6.92 Å². The van der Waals surface area contributed by atoms with Gasteiger partial charge in [0.1, 0.15) is 11.3 Å². The first kappa shape index (κ1) is 17.3. The summed E-state index contributed by atoms with van der Waals surface area (Å²) >= 11 is 0. The van der Waals surface area contributed by atoms with Crippen LogP contribution in [0.3, 0.4) is 0 Å². The average molecular weight is 318 g/mol. The van der Waals surface area contributed by atoms with Crippen LogP contribution in [0.25, 0.3) is 11.0 Å². The van der Waals surface area contributed by atoms with E-state index in [1.165, 1.54) is 0 Å². The Labute approximate surface area is 137 Å². The molecule has 0 aliphatic carbocycles. The molecule has 23 heavy (non-hydrogen) atoms. The molecule has 0 fully saturated rings. The number of methoxy groups -OCH3 is 1.